The molecule has 0 unspecified atom stereocenters. The van der Waals surface area contributed by atoms with Gasteiger partial charge >= 0.3 is 0 Å². The summed E-state index contributed by atoms with van der Waals surface area (Å²) in [6.07, 6.45) is 0. The molecular formula is C14H13F2NO2S. The molecule has 0 spiro atoms. The first-order valence-corrected chi connectivity index (χ1v) is 7.44. The number of para-hydroxylation sites is 1. The quantitative estimate of drug-likeness (QED) is 0.869. The Hall–Kier alpha value is -1.95. The second-order valence-corrected chi connectivity index (χ2v) is 5.88. The molecule has 0 fully saturated rings. The fourth-order valence-corrected chi connectivity index (χ4v) is 3.45. The number of halogens is 2. The van der Waals surface area contributed by atoms with Gasteiger partial charge in [0.1, 0.15) is 16.5 Å². The molecule has 106 valence electrons. The van der Waals surface area contributed by atoms with Crippen LogP contribution in [0, 0.1) is 11.6 Å². The van der Waals surface area contributed by atoms with Gasteiger partial charge in [-0.2, -0.15) is 0 Å². The van der Waals surface area contributed by atoms with Crippen LogP contribution in [0.2, 0.25) is 0 Å². The third kappa shape index (κ3) is 2.51. The lowest BCUT2D eigenvalue weighted by Crippen LogP contribution is -2.32. The van der Waals surface area contributed by atoms with E-state index < -0.39 is 26.6 Å². The van der Waals surface area contributed by atoms with Gasteiger partial charge in [-0.1, -0.05) is 24.3 Å². The van der Waals surface area contributed by atoms with E-state index in [0.717, 1.165) is 22.5 Å². The number of anilines is 1. The van der Waals surface area contributed by atoms with Crippen LogP contribution in [0.4, 0.5) is 14.5 Å². The molecule has 0 N–H and O–H groups in total. The normalized spacial score (nSPS) is 11.3. The fraction of sp³-hybridized carbons (Fsp3) is 0.143. The van der Waals surface area contributed by atoms with Crippen LogP contribution in [0.25, 0.3) is 0 Å². The monoisotopic (exact) mass is 297 g/mol. The minimum absolute atomic E-state index is 0.00238. The van der Waals surface area contributed by atoms with Crippen molar-refractivity contribution in [1.29, 1.82) is 0 Å². The molecule has 0 aliphatic rings. The Morgan fingerprint density at radius 2 is 1.50 bits per heavy atom. The zero-order chi connectivity index (χ0) is 14.8. The maximum Gasteiger partial charge on any atom is 0.267 e. The Labute approximate surface area is 116 Å². The highest BCUT2D eigenvalue weighted by Crippen LogP contribution is 2.26. The maximum atomic E-state index is 13.8. The molecular weight excluding hydrogens is 284 g/mol. The molecule has 2 rings (SSSR count). The van der Waals surface area contributed by atoms with E-state index in [1.165, 1.54) is 30.3 Å². The molecule has 20 heavy (non-hydrogen) atoms. The number of sulfonamides is 1. The summed E-state index contributed by atoms with van der Waals surface area (Å²) >= 11 is 0. The molecule has 0 heterocycles. The predicted octanol–water partition coefficient (Wildman–Crippen LogP) is 3.18. The lowest BCUT2D eigenvalue weighted by atomic mass is 10.3. The molecule has 0 saturated carbocycles. The highest BCUT2D eigenvalue weighted by molar-refractivity contribution is 7.92. The SMILES string of the molecule is CCN(c1ccccc1F)S(=O)(=O)c1ccccc1F. The van der Waals surface area contributed by atoms with Gasteiger partial charge in [0.25, 0.3) is 10.0 Å². The van der Waals surface area contributed by atoms with Crippen LogP contribution in [0.5, 0.6) is 0 Å². The predicted molar refractivity (Wildman–Crippen MR) is 73.0 cm³/mol. The van der Waals surface area contributed by atoms with E-state index in [2.05, 4.69) is 0 Å². The Balaban J connectivity index is 2.58. The first-order valence-electron chi connectivity index (χ1n) is 6.00. The molecule has 0 amide bonds. The number of hydrogen-bond acceptors (Lipinski definition) is 2. The molecule has 2 aromatic carbocycles. The van der Waals surface area contributed by atoms with Crippen LogP contribution in [0.1, 0.15) is 6.92 Å². The van der Waals surface area contributed by atoms with Crippen molar-refractivity contribution >= 4 is 15.7 Å². The van der Waals surface area contributed by atoms with E-state index in [9.17, 15) is 17.2 Å². The van der Waals surface area contributed by atoms with Gasteiger partial charge in [0, 0.05) is 6.54 Å². The van der Waals surface area contributed by atoms with Gasteiger partial charge in [0.05, 0.1) is 5.69 Å². The summed E-state index contributed by atoms with van der Waals surface area (Å²) < 4.78 is 53.2. The highest BCUT2D eigenvalue weighted by Gasteiger charge is 2.27. The maximum absolute atomic E-state index is 13.8. The van der Waals surface area contributed by atoms with E-state index in [0.29, 0.717) is 0 Å². The molecule has 2 aromatic rings. The van der Waals surface area contributed by atoms with Crippen molar-refractivity contribution in [2.24, 2.45) is 0 Å². The lowest BCUT2D eigenvalue weighted by Gasteiger charge is -2.23. The van der Waals surface area contributed by atoms with Crippen molar-refractivity contribution in [2.75, 3.05) is 10.8 Å². The first-order chi connectivity index (χ1) is 9.48. The van der Waals surface area contributed by atoms with E-state index in [1.54, 1.807) is 6.92 Å². The molecule has 0 bridgehead atoms. The molecule has 3 nitrogen and oxygen atoms in total. The molecule has 0 atom stereocenters. The van der Waals surface area contributed by atoms with Crippen molar-refractivity contribution in [1.82, 2.24) is 0 Å². The standard InChI is InChI=1S/C14H13F2NO2S/c1-2-17(13-9-5-3-7-11(13)15)20(18,19)14-10-6-4-8-12(14)16/h3-10H,2H2,1H3. The van der Waals surface area contributed by atoms with Crippen LogP contribution in [-0.4, -0.2) is 15.0 Å². The summed E-state index contributed by atoms with van der Waals surface area (Å²) in [6.45, 7) is 1.56. The molecule has 0 aliphatic heterocycles. The summed E-state index contributed by atoms with van der Waals surface area (Å²) in [7, 11) is -4.14. The number of nitrogens with zero attached hydrogens (tertiary/aromatic N) is 1. The summed E-state index contributed by atoms with van der Waals surface area (Å²) in [5, 5.41) is 0. The van der Waals surface area contributed by atoms with Crippen molar-refractivity contribution in [3.05, 3.63) is 60.2 Å². The van der Waals surface area contributed by atoms with Crippen molar-refractivity contribution < 1.29 is 17.2 Å². The fourth-order valence-electron chi connectivity index (χ4n) is 1.90. The Morgan fingerprint density at radius 1 is 0.950 bits per heavy atom. The van der Waals surface area contributed by atoms with Gasteiger partial charge in [-0.25, -0.2) is 17.2 Å². The third-order valence-corrected chi connectivity index (χ3v) is 4.74. The Morgan fingerprint density at radius 3 is 2.05 bits per heavy atom. The average Bonchev–Trinajstić information content (AvgIpc) is 2.42. The molecule has 0 aliphatic carbocycles. The Bertz CT molecular complexity index is 717. The summed E-state index contributed by atoms with van der Waals surface area (Å²) in [5.41, 5.74) is -0.0988. The van der Waals surface area contributed by atoms with Gasteiger partial charge < -0.3 is 0 Å². The molecule has 0 radical (unpaired) electrons. The number of hydrogen-bond donors (Lipinski definition) is 0. The molecule has 0 saturated heterocycles. The van der Waals surface area contributed by atoms with Gasteiger partial charge in [-0.15, -0.1) is 0 Å². The topological polar surface area (TPSA) is 37.4 Å². The average molecular weight is 297 g/mol. The van der Waals surface area contributed by atoms with Gasteiger partial charge in [0.2, 0.25) is 0 Å². The van der Waals surface area contributed by atoms with Crippen molar-refractivity contribution in [2.45, 2.75) is 11.8 Å². The largest absolute Gasteiger partial charge is 0.267 e. The van der Waals surface area contributed by atoms with Gasteiger partial charge in [-0.05, 0) is 31.2 Å². The van der Waals surface area contributed by atoms with Crippen LogP contribution in [0.15, 0.2) is 53.4 Å². The lowest BCUT2D eigenvalue weighted by molar-refractivity contribution is 0.562. The van der Waals surface area contributed by atoms with Gasteiger partial charge in [-0.3, -0.25) is 4.31 Å². The molecule has 0 aromatic heterocycles. The second-order valence-electron chi connectivity index (χ2n) is 4.05. The first kappa shape index (κ1) is 14.5. The van der Waals surface area contributed by atoms with Crippen LogP contribution >= 0.6 is 0 Å². The van der Waals surface area contributed by atoms with Gasteiger partial charge in [0.15, 0.2) is 0 Å². The number of benzene rings is 2. The van der Waals surface area contributed by atoms with Crippen molar-refractivity contribution in [3.63, 3.8) is 0 Å². The second kappa shape index (κ2) is 5.58. The van der Waals surface area contributed by atoms with Crippen LogP contribution in [0.3, 0.4) is 0 Å². The van der Waals surface area contributed by atoms with Crippen LogP contribution in [-0.2, 0) is 10.0 Å². The minimum atomic E-state index is -4.14. The highest BCUT2D eigenvalue weighted by atomic mass is 32.2. The Kier molecular flexibility index (Phi) is 4.04. The summed E-state index contributed by atoms with van der Waals surface area (Å²) in [6, 6.07) is 10.5. The zero-order valence-electron chi connectivity index (χ0n) is 10.8. The van der Waals surface area contributed by atoms with Crippen LogP contribution < -0.4 is 4.31 Å². The third-order valence-electron chi connectivity index (χ3n) is 2.81. The molecule has 6 heteroatoms. The van der Waals surface area contributed by atoms with E-state index in [-0.39, 0.29) is 12.2 Å². The van der Waals surface area contributed by atoms with Crippen molar-refractivity contribution in [3.8, 4) is 0 Å². The van der Waals surface area contributed by atoms with E-state index in [1.807, 2.05) is 0 Å². The van der Waals surface area contributed by atoms with E-state index in [4.69, 9.17) is 0 Å². The summed E-state index contributed by atoms with van der Waals surface area (Å²) in [5.74, 6) is -1.53. The number of rotatable bonds is 4. The zero-order valence-corrected chi connectivity index (χ0v) is 11.6. The van der Waals surface area contributed by atoms with E-state index >= 15 is 0 Å². The minimum Gasteiger partial charge on any atom is -0.264 e. The smallest absolute Gasteiger partial charge is 0.264 e. The summed E-state index contributed by atoms with van der Waals surface area (Å²) in [4.78, 5) is -0.467.